The summed E-state index contributed by atoms with van der Waals surface area (Å²) >= 11 is 0. The monoisotopic (exact) mass is 221 g/mol. The molecule has 0 atom stereocenters. The Balaban J connectivity index is 1.78. The summed E-state index contributed by atoms with van der Waals surface area (Å²) in [6.45, 7) is 2.88. The Kier molecular flexibility index (Phi) is 3.59. The zero-order valence-electron chi connectivity index (χ0n) is 9.78. The van der Waals surface area contributed by atoms with Crippen LogP contribution < -0.4 is 5.32 Å². The van der Waals surface area contributed by atoms with Crippen LogP contribution in [0, 0.1) is 0 Å². The van der Waals surface area contributed by atoms with Gasteiger partial charge in [0.1, 0.15) is 5.82 Å². The van der Waals surface area contributed by atoms with E-state index in [2.05, 4.69) is 21.8 Å². The van der Waals surface area contributed by atoms with Crippen LogP contribution in [0.4, 0.5) is 0 Å². The lowest BCUT2D eigenvalue weighted by Crippen LogP contribution is -2.26. The maximum absolute atomic E-state index is 11.5. The maximum atomic E-state index is 11.5. The minimum atomic E-state index is 0.165. The smallest absolute Gasteiger partial charge is 0.222 e. The number of carbonyl (C=O) groups excluding carboxylic acids is 1. The van der Waals surface area contributed by atoms with E-state index in [4.69, 9.17) is 0 Å². The van der Waals surface area contributed by atoms with Gasteiger partial charge in [-0.25, -0.2) is 4.98 Å². The number of nitrogens with one attached hydrogen (secondary N) is 1. The second kappa shape index (κ2) is 5.14. The largest absolute Gasteiger partial charge is 0.353 e. The average molecular weight is 221 g/mol. The lowest BCUT2D eigenvalue weighted by Gasteiger charge is -2.07. The predicted molar refractivity (Wildman–Crippen MR) is 62.0 cm³/mol. The molecule has 1 N–H and O–H groups in total. The van der Waals surface area contributed by atoms with Crippen LogP contribution in [0.25, 0.3) is 0 Å². The summed E-state index contributed by atoms with van der Waals surface area (Å²) in [6.07, 6.45) is 8.70. The highest BCUT2D eigenvalue weighted by Gasteiger charge is 2.22. The highest BCUT2D eigenvalue weighted by Crippen LogP contribution is 2.18. The van der Waals surface area contributed by atoms with Gasteiger partial charge in [-0.3, -0.25) is 4.79 Å². The van der Waals surface area contributed by atoms with Crippen LogP contribution in [-0.2, 0) is 17.8 Å². The molecule has 1 heterocycles. The zero-order chi connectivity index (χ0) is 11.4. The number of nitrogens with zero attached hydrogens (tertiary/aromatic N) is 2. The van der Waals surface area contributed by atoms with Crippen molar-refractivity contribution in [1.82, 2.24) is 14.9 Å². The van der Waals surface area contributed by atoms with E-state index in [-0.39, 0.29) is 5.91 Å². The number of aromatic nitrogens is 2. The third-order valence-corrected chi connectivity index (χ3v) is 2.80. The number of hydrogen-bond donors (Lipinski definition) is 1. The quantitative estimate of drug-likeness (QED) is 0.791. The van der Waals surface area contributed by atoms with E-state index in [1.165, 1.54) is 0 Å². The van der Waals surface area contributed by atoms with Crippen LogP contribution in [-0.4, -0.2) is 21.5 Å². The second-order valence-electron chi connectivity index (χ2n) is 4.38. The second-order valence-corrected chi connectivity index (χ2v) is 4.38. The van der Waals surface area contributed by atoms with Crippen LogP contribution in [0.2, 0.25) is 0 Å². The first-order valence-corrected chi connectivity index (χ1v) is 6.09. The SMILES string of the molecule is CCCc1nccn1CCC(=O)NC1CC1. The Labute approximate surface area is 96.1 Å². The van der Waals surface area contributed by atoms with Gasteiger partial charge in [-0.15, -0.1) is 0 Å². The van der Waals surface area contributed by atoms with Gasteiger partial charge in [0.15, 0.2) is 0 Å². The van der Waals surface area contributed by atoms with Crippen molar-refractivity contribution < 1.29 is 4.79 Å². The molecule has 2 rings (SSSR count). The molecule has 0 spiro atoms. The van der Waals surface area contributed by atoms with Crippen molar-refractivity contribution in [1.29, 1.82) is 0 Å². The standard InChI is InChI=1S/C12H19N3O/c1-2-3-11-13-7-9-15(11)8-6-12(16)14-10-4-5-10/h7,9-10H,2-6,8H2,1H3,(H,14,16). The zero-order valence-corrected chi connectivity index (χ0v) is 9.78. The van der Waals surface area contributed by atoms with Gasteiger partial charge >= 0.3 is 0 Å². The molecule has 4 heteroatoms. The molecule has 0 bridgehead atoms. The number of aryl methyl sites for hydroxylation is 2. The topological polar surface area (TPSA) is 46.9 Å². The van der Waals surface area contributed by atoms with Crippen LogP contribution in [0.3, 0.4) is 0 Å². The number of carbonyl (C=O) groups is 1. The van der Waals surface area contributed by atoms with Crippen molar-refractivity contribution >= 4 is 5.91 Å². The number of imidazole rings is 1. The fourth-order valence-corrected chi connectivity index (χ4v) is 1.74. The Morgan fingerprint density at radius 1 is 1.62 bits per heavy atom. The summed E-state index contributed by atoms with van der Waals surface area (Å²) in [5, 5.41) is 3.00. The van der Waals surface area contributed by atoms with Crippen LogP contribution in [0.1, 0.15) is 38.4 Å². The van der Waals surface area contributed by atoms with Gasteiger partial charge in [0.2, 0.25) is 5.91 Å². The number of amides is 1. The van der Waals surface area contributed by atoms with Gasteiger partial charge in [0.05, 0.1) is 0 Å². The van der Waals surface area contributed by atoms with Crippen LogP contribution in [0.5, 0.6) is 0 Å². The van der Waals surface area contributed by atoms with E-state index in [0.717, 1.165) is 38.1 Å². The first kappa shape index (κ1) is 11.2. The Morgan fingerprint density at radius 2 is 2.44 bits per heavy atom. The molecule has 0 aromatic carbocycles. The molecule has 88 valence electrons. The Bertz CT molecular complexity index is 355. The Hall–Kier alpha value is -1.32. The molecule has 1 aromatic heterocycles. The molecule has 1 aliphatic carbocycles. The number of rotatable bonds is 6. The Morgan fingerprint density at radius 3 is 3.12 bits per heavy atom. The van der Waals surface area contributed by atoms with Gasteiger partial charge in [0, 0.05) is 37.8 Å². The van der Waals surface area contributed by atoms with Crippen molar-refractivity contribution in [3.05, 3.63) is 18.2 Å². The minimum absolute atomic E-state index is 0.165. The molecule has 0 saturated heterocycles. The fourth-order valence-electron chi connectivity index (χ4n) is 1.74. The molecule has 4 nitrogen and oxygen atoms in total. The normalized spacial score (nSPS) is 15.1. The van der Waals surface area contributed by atoms with Gasteiger partial charge < -0.3 is 9.88 Å². The van der Waals surface area contributed by atoms with Gasteiger partial charge in [-0.2, -0.15) is 0 Å². The summed E-state index contributed by atoms with van der Waals surface area (Å²) < 4.78 is 2.08. The number of hydrogen-bond acceptors (Lipinski definition) is 2. The molecular formula is C12H19N3O. The summed E-state index contributed by atoms with van der Waals surface area (Å²) in [5.74, 6) is 1.25. The lowest BCUT2D eigenvalue weighted by molar-refractivity contribution is -0.121. The van der Waals surface area contributed by atoms with E-state index in [1.807, 2.05) is 12.4 Å². The summed E-state index contributed by atoms with van der Waals surface area (Å²) in [4.78, 5) is 15.8. The van der Waals surface area contributed by atoms with Crippen molar-refractivity contribution in [2.75, 3.05) is 0 Å². The lowest BCUT2D eigenvalue weighted by atomic mass is 10.3. The van der Waals surface area contributed by atoms with Crippen molar-refractivity contribution in [3.63, 3.8) is 0 Å². The molecule has 1 aliphatic rings. The first-order valence-electron chi connectivity index (χ1n) is 6.09. The molecule has 1 amide bonds. The average Bonchev–Trinajstić information content (AvgIpc) is 2.95. The third-order valence-electron chi connectivity index (χ3n) is 2.80. The van der Waals surface area contributed by atoms with Crippen molar-refractivity contribution in [3.8, 4) is 0 Å². The van der Waals surface area contributed by atoms with Gasteiger partial charge in [0.25, 0.3) is 0 Å². The molecule has 1 saturated carbocycles. The molecule has 16 heavy (non-hydrogen) atoms. The van der Waals surface area contributed by atoms with Crippen molar-refractivity contribution in [2.45, 2.75) is 51.6 Å². The molecule has 1 fully saturated rings. The van der Waals surface area contributed by atoms with Gasteiger partial charge in [-0.05, 0) is 19.3 Å². The molecule has 0 aliphatic heterocycles. The van der Waals surface area contributed by atoms with Crippen LogP contribution >= 0.6 is 0 Å². The molecule has 1 aromatic rings. The molecule has 0 unspecified atom stereocenters. The summed E-state index contributed by atoms with van der Waals surface area (Å²) in [7, 11) is 0. The first-order chi connectivity index (χ1) is 7.79. The molecular weight excluding hydrogens is 202 g/mol. The minimum Gasteiger partial charge on any atom is -0.353 e. The summed E-state index contributed by atoms with van der Waals surface area (Å²) in [6, 6.07) is 0.463. The fraction of sp³-hybridized carbons (Fsp3) is 0.667. The van der Waals surface area contributed by atoms with Crippen LogP contribution in [0.15, 0.2) is 12.4 Å². The highest BCUT2D eigenvalue weighted by atomic mass is 16.1. The maximum Gasteiger partial charge on any atom is 0.222 e. The molecule has 0 radical (unpaired) electrons. The predicted octanol–water partition coefficient (Wildman–Crippen LogP) is 1.50. The van der Waals surface area contributed by atoms with E-state index in [1.54, 1.807) is 0 Å². The van der Waals surface area contributed by atoms with E-state index < -0.39 is 0 Å². The van der Waals surface area contributed by atoms with E-state index in [0.29, 0.717) is 12.5 Å². The highest BCUT2D eigenvalue weighted by molar-refractivity contribution is 5.76. The van der Waals surface area contributed by atoms with E-state index >= 15 is 0 Å². The van der Waals surface area contributed by atoms with Crippen molar-refractivity contribution in [2.24, 2.45) is 0 Å². The third kappa shape index (κ3) is 3.08. The van der Waals surface area contributed by atoms with E-state index in [9.17, 15) is 4.79 Å². The van der Waals surface area contributed by atoms with Gasteiger partial charge in [-0.1, -0.05) is 6.92 Å². The summed E-state index contributed by atoms with van der Waals surface area (Å²) in [5.41, 5.74) is 0.